The van der Waals surface area contributed by atoms with Gasteiger partial charge in [-0.05, 0) is 36.8 Å². The number of rotatable bonds is 4. The van der Waals surface area contributed by atoms with Crippen molar-refractivity contribution in [2.75, 3.05) is 12.3 Å². The van der Waals surface area contributed by atoms with E-state index in [9.17, 15) is 4.79 Å². The van der Waals surface area contributed by atoms with Gasteiger partial charge in [0.2, 0.25) is 0 Å². The zero-order valence-electron chi connectivity index (χ0n) is 10.3. The van der Waals surface area contributed by atoms with Crippen LogP contribution >= 0.6 is 0 Å². The molecule has 0 saturated heterocycles. The molecule has 0 aliphatic carbocycles. The van der Waals surface area contributed by atoms with Crippen molar-refractivity contribution in [2.24, 2.45) is 0 Å². The molecule has 0 atom stereocenters. The monoisotopic (exact) mass is 244 g/mol. The van der Waals surface area contributed by atoms with Gasteiger partial charge in [-0.2, -0.15) is 0 Å². The maximum atomic E-state index is 11.5. The molecule has 4 nitrogen and oxygen atoms in total. The standard InChI is InChI=1S/C14H16N2O2/c1-11-10-12(15)5-6-13(11)18-9-8-16-7-3-2-4-14(16)17/h2-7,10H,8-9,15H2,1H3. The summed E-state index contributed by atoms with van der Waals surface area (Å²) in [4.78, 5) is 11.5. The van der Waals surface area contributed by atoms with Crippen molar-refractivity contribution in [3.63, 3.8) is 0 Å². The predicted molar refractivity (Wildman–Crippen MR) is 71.8 cm³/mol. The number of aryl methyl sites for hydroxylation is 1. The summed E-state index contributed by atoms with van der Waals surface area (Å²) in [5, 5.41) is 0. The van der Waals surface area contributed by atoms with Crippen LogP contribution in [0.25, 0.3) is 0 Å². The number of hydrogen-bond acceptors (Lipinski definition) is 3. The maximum absolute atomic E-state index is 11.5. The summed E-state index contributed by atoms with van der Waals surface area (Å²) in [7, 11) is 0. The molecule has 1 aromatic carbocycles. The lowest BCUT2D eigenvalue weighted by Crippen LogP contribution is -2.21. The fourth-order valence-electron chi connectivity index (χ4n) is 1.73. The Kier molecular flexibility index (Phi) is 3.67. The van der Waals surface area contributed by atoms with Crippen molar-refractivity contribution in [3.05, 3.63) is 58.5 Å². The number of nitrogens with zero attached hydrogens (tertiary/aromatic N) is 1. The number of nitrogen functional groups attached to an aromatic ring is 1. The first-order valence-electron chi connectivity index (χ1n) is 5.81. The molecule has 0 saturated carbocycles. The predicted octanol–water partition coefficient (Wildman–Crippen LogP) is 1.82. The molecule has 2 N–H and O–H groups in total. The van der Waals surface area contributed by atoms with Gasteiger partial charge in [-0.3, -0.25) is 4.79 Å². The van der Waals surface area contributed by atoms with Crippen LogP contribution in [-0.2, 0) is 6.54 Å². The number of aromatic nitrogens is 1. The molecule has 0 amide bonds. The van der Waals surface area contributed by atoms with E-state index >= 15 is 0 Å². The summed E-state index contributed by atoms with van der Waals surface area (Å²) < 4.78 is 7.25. The summed E-state index contributed by atoms with van der Waals surface area (Å²) >= 11 is 0. The summed E-state index contributed by atoms with van der Waals surface area (Å²) in [6.07, 6.45) is 1.75. The Hall–Kier alpha value is -2.23. The molecule has 94 valence electrons. The molecule has 0 radical (unpaired) electrons. The molecule has 2 aromatic rings. The Balaban J connectivity index is 1.97. The highest BCUT2D eigenvalue weighted by Gasteiger charge is 2.00. The van der Waals surface area contributed by atoms with E-state index in [1.165, 1.54) is 6.07 Å². The van der Waals surface area contributed by atoms with E-state index in [-0.39, 0.29) is 5.56 Å². The van der Waals surface area contributed by atoms with E-state index in [2.05, 4.69) is 0 Å². The van der Waals surface area contributed by atoms with Crippen LogP contribution in [0.15, 0.2) is 47.4 Å². The number of benzene rings is 1. The van der Waals surface area contributed by atoms with Crippen LogP contribution in [0.1, 0.15) is 5.56 Å². The smallest absolute Gasteiger partial charge is 0.250 e. The normalized spacial score (nSPS) is 10.3. The molecule has 1 heterocycles. The van der Waals surface area contributed by atoms with Gasteiger partial charge in [0.1, 0.15) is 12.4 Å². The molecule has 0 unspecified atom stereocenters. The van der Waals surface area contributed by atoms with Gasteiger partial charge in [-0.15, -0.1) is 0 Å². The van der Waals surface area contributed by atoms with Gasteiger partial charge in [0.05, 0.1) is 6.54 Å². The SMILES string of the molecule is Cc1cc(N)ccc1OCCn1ccccc1=O. The Morgan fingerprint density at radius 3 is 2.83 bits per heavy atom. The summed E-state index contributed by atoms with van der Waals surface area (Å²) in [5.74, 6) is 0.799. The second-order valence-electron chi connectivity index (χ2n) is 4.11. The lowest BCUT2D eigenvalue weighted by Gasteiger charge is -2.10. The summed E-state index contributed by atoms with van der Waals surface area (Å²) in [6, 6.07) is 10.6. The minimum atomic E-state index is -0.0184. The molecule has 0 aliphatic heterocycles. The van der Waals surface area contributed by atoms with Gasteiger partial charge in [-0.25, -0.2) is 0 Å². The second kappa shape index (κ2) is 5.40. The Morgan fingerprint density at radius 2 is 2.11 bits per heavy atom. The fourth-order valence-corrected chi connectivity index (χ4v) is 1.73. The van der Waals surface area contributed by atoms with E-state index in [0.29, 0.717) is 13.2 Å². The van der Waals surface area contributed by atoms with Gasteiger partial charge in [0, 0.05) is 18.0 Å². The minimum Gasteiger partial charge on any atom is -0.491 e. The van der Waals surface area contributed by atoms with E-state index in [4.69, 9.17) is 10.5 Å². The summed E-state index contributed by atoms with van der Waals surface area (Å²) in [5.41, 5.74) is 7.36. The lowest BCUT2D eigenvalue weighted by molar-refractivity contribution is 0.294. The fraction of sp³-hybridized carbons (Fsp3) is 0.214. The highest BCUT2D eigenvalue weighted by molar-refractivity contribution is 5.47. The second-order valence-corrected chi connectivity index (χ2v) is 4.11. The first kappa shape index (κ1) is 12.2. The number of anilines is 1. The van der Waals surface area contributed by atoms with Crippen molar-refractivity contribution in [1.29, 1.82) is 0 Å². The van der Waals surface area contributed by atoms with Crippen molar-refractivity contribution in [2.45, 2.75) is 13.5 Å². The largest absolute Gasteiger partial charge is 0.491 e. The van der Waals surface area contributed by atoms with Gasteiger partial charge in [-0.1, -0.05) is 6.07 Å². The van der Waals surface area contributed by atoms with Gasteiger partial charge in [0.25, 0.3) is 5.56 Å². The van der Waals surface area contributed by atoms with Crippen molar-refractivity contribution >= 4 is 5.69 Å². The van der Waals surface area contributed by atoms with E-state index in [1.807, 2.05) is 25.1 Å². The van der Waals surface area contributed by atoms with Crippen LogP contribution in [0, 0.1) is 6.92 Å². The molecular weight excluding hydrogens is 228 g/mol. The Bertz CT molecular complexity index is 590. The number of pyridine rings is 1. The zero-order chi connectivity index (χ0) is 13.0. The minimum absolute atomic E-state index is 0.0184. The Morgan fingerprint density at radius 1 is 1.28 bits per heavy atom. The quantitative estimate of drug-likeness (QED) is 0.835. The molecule has 0 bridgehead atoms. The van der Waals surface area contributed by atoms with Crippen molar-refractivity contribution in [1.82, 2.24) is 4.57 Å². The van der Waals surface area contributed by atoms with E-state index in [0.717, 1.165) is 17.0 Å². The lowest BCUT2D eigenvalue weighted by atomic mass is 10.2. The van der Waals surface area contributed by atoms with E-state index < -0.39 is 0 Å². The van der Waals surface area contributed by atoms with Crippen LogP contribution in [-0.4, -0.2) is 11.2 Å². The third-order valence-electron chi connectivity index (χ3n) is 2.69. The molecule has 1 aromatic heterocycles. The number of hydrogen-bond donors (Lipinski definition) is 1. The summed E-state index contributed by atoms with van der Waals surface area (Å²) in [6.45, 7) is 2.93. The van der Waals surface area contributed by atoms with Crippen LogP contribution in [0.3, 0.4) is 0 Å². The van der Waals surface area contributed by atoms with Crippen LogP contribution in [0.4, 0.5) is 5.69 Å². The Labute approximate surface area is 106 Å². The number of ether oxygens (including phenoxy) is 1. The van der Waals surface area contributed by atoms with Crippen LogP contribution < -0.4 is 16.0 Å². The van der Waals surface area contributed by atoms with E-state index in [1.54, 1.807) is 22.9 Å². The molecule has 0 fully saturated rings. The van der Waals surface area contributed by atoms with Gasteiger partial charge in [0.15, 0.2) is 0 Å². The molecule has 18 heavy (non-hydrogen) atoms. The maximum Gasteiger partial charge on any atom is 0.250 e. The molecule has 0 aliphatic rings. The molecular formula is C14H16N2O2. The number of nitrogens with two attached hydrogens (primary N) is 1. The first-order valence-corrected chi connectivity index (χ1v) is 5.81. The molecule has 4 heteroatoms. The van der Waals surface area contributed by atoms with Crippen molar-refractivity contribution in [3.8, 4) is 5.75 Å². The average Bonchev–Trinajstić information content (AvgIpc) is 2.34. The molecule has 2 rings (SSSR count). The zero-order valence-corrected chi connectivity index (χ0v) is 10.3. The van der Waals surface area contributed by atoms with Gasteiger partial charge >= 0.3 is 0 Å². The highest BCUT2D eigenvalue weighted by Crippen LogP contribution is 2.19. The van der Waals surface area contributed by atoms with Crippen LogP contribution in [0.5, 0.6) is 5.75 Å². The third kappa shape index (κ3) is 2.91. The third-order valence-corrected chi connectivity index (χ3v) is 2.69. The average molecular weight is 244 g/mol. The van der Waals surface area contributed by atoms with Gasteiger partial charge < -0.3 is 15.0 Å². The topological polar surface area (TPSA) is 57.2 Å². The van der Waals surface area contributed by atoms with Crippen molar-refractivity contribution < 1.29 is 4.74 Å². The van der Waals surface area contributed by atoms with Crippen LogP contribution in [0.2, 0.25) is 0 Å². The highest BCUT2D eigenvalue weighted by atomic mass is 16.5. The molecule has 0 spiro atoms. The first-order chi connectivity index (χ1) is 8.66.